The fourth-order valence-corrected chi connectivity index (χ4v) is 1.48. The summed E-state index contributed by atoms with van der Waals surface area (Å²) in [6, 6.07) is 0. The van der Waals surface area contributed by atoms with E-state index in [0.717, 1.165) is 6.42 Å². The maximum Gasteiger partial charge on any atom is 0.0491 e. The largest absolute Gasteiger partial charge is 0.330 e. The Labute approximate surface area is 141 Å². The molecule has 0 fully saturated rings. The van der Waals surface area contributed by atoms with E-state index >= 15 is 0 Å². The zero-order valence-electron chi connectivity index (χ0n) is 16.9. The normalized spacial score (nSPS) is 9.95. The molecule has 0 aromatic carbocycles. The molecule has 3 nitrogen and oxygen atoms in total. The van der Waals surface area contributed by atoms with Gasteiger partial charge in [0.05, 0.1) is 0 Å². The van der Waals surface area contributed by atoms with Crippen LogP contribution in [0, 0.1) is 0 Å². The van der Waals surface area contributed by atoms with Crippen molar-refractivity contribution >= 4 is 0 Å². The topological polar surface area (TPSA) is 50.7 Å². The molecule has 0 aromatic heterocycles. The molecule has 0 aliphatic carbocycles. The summed E-state index contributed by atoms with van der Waals surface area (Å²) in [4.78, 5) is 0. The number of hydrogen-bond donors (Lipinski definition) is 1. The second-order valence-electron chi connectivity index (χ2n) is 4.60. The van der Waals surface area contributed by atoms with Gasteiger partial charge in [-0.2, -0.15) is 10.2 Å². The SMILES string of the molecule is CC.CC.CCCCCCCCC.CN=N/C=C(\C)CCN. The molecule has 3 heteroatoms. The molecule has 0 aromatic rings. The molecule has 0 bridgehead atoms. The maximum atomic E-state index is 5.29. The zero-order chi connectivity index (χ0) is 18.1. The quantitative estimate of drug-likeness (QED) is 0.357. The predicted molar refractivity (Wildman–Crippen MR) is 105 cm³/mol. The van der Waals surface area contributed by atoms with Crippen LogP contribution < -0.4 is 5.73 Å². The number of rotatable bonds is 9. The van der Waals surface area contributed by atoms with E-state index in [-0.39, 0.29) is 0 Å². The molecule has 0 aliphatic heterocycles. The molecule has 0 saturated heterocycles. The Morgan fingerprint density at radius 1 is 0.864 bits per heavy atom. The highest BCUT2D eigenvalue weighted by molar-refractivity contribution is 4.95. The van der Waals surface area contributed by atoms with Gasteiger partial charge in [0.15, 0.2) is 0 Å². The van der Waals surface area contributed by atoms with Crippen molar-refractivity contribution in [3.8, 4) is 0 Å². The highest BCUT2D eigenvalue weighted by atomic mass is 15.1. The summed E-state index contributed by atoms with van der Waals surface area (Å²) in [5.74, 6) is 0. The molecule has 0 rings (SSSR count). The standard InChI is InChI=1S/C9H20.C6H13N3.2C2H6/c1-3-5-7-9-8-6-4-2;1-6(3-4-7)5-9-8-2;2*1-2/h3-9H2,1-2H3;5H,3-4,7H2,1-2H3;2*1-2H3/b;6-5+,9-8?;;. The van der Waals surface area contributed by atoms with Crippen LogP contribution in [0.1, 0.15) is 99.8 Å². The molecular weight excluding hydrogens is 270 g/mol. The average molecular weight is 316 g/mol. The van der Waals surface area contributed by atoms with Crippen LogP contribution in [0.2, 0.25) is 0 Å². The second kappa shape index (κ2) is 37.0. The summed E-state index contributed by atoms with van der Waals surface area (Å²) in [6.45, 7) is 15.2. The lowest BCUT2D eigenvalue weighted by Gasteiger charge is -1.96. The van der Waals surface area contributed by atoms with Gasteiger partial charge in [-0.1, -0.05) is 92.1 Å². The fraction of sp³-hybridized carbons (Fsp3) is 0.895. The van der Waals surface area contributed by atoms with E-state index in [1.54, 1.807) is 13.2 Å². The zero-order valence-corrected chi connectivity index (χ0v) is 16.9. The van der Waals surface area contributed by atoms with Gasteiger partial charge >= 0.3 is 0 Å². The summed E-state index contributed by atoms with van der Waals surface area (Å²) < 4.78 is 0. The first-order valence-corrected chi connectivity index (χ1v) is 9.37. The molecule has 0 saturated carbocycles. The van der Waals surface area contributed by atoms with Crippen LogP contribution in [0.3, 0.4) is 0 Å². The highest BCUT2D eigenvalue weighted by Gasteiger charge is 1.85. The second-order valence-corrected chi connectivity index (χ2v) is 4.60. The molecule has 22 heavy (non-hydrogen) atoms. The van der Waals surface area contributed by atoms with Gasteiger partial charge in [0.1, 0.15) is 0 Å². The van der Waals surface area contributed by atoms with Gasteiger partial charge in [-0.25, -0.2) is 0 Å². The summed E-state index contributed by atoms with van der Waals surface area (Å²) >= 11 is 0. The minimum absolute atomic E-state index is 0.682. The first-order valence-electron chi connectivity index (χ1n) is 9.37. The van der Waals surface area contributed by atoms with Crippen LogP contribution >= 0.6 is 0 Å². The molecule has 2 N–H and O–H groups in total. The van der Waals surface area contributed by atoms with Crippen LogP contribution in [-0.4, -0.2) is 13.6 Å². The molecule has 0 heterocycles. The molecule has 136 valence electrons. The first kappa shape index (κ1) is 29.3. The van der Waals surface area contributed by atoms with Crippen LogP contribution in [0.25, 0.3) is 0 Å². The summed E-state index contributed by atoms with van der Waals surface area (Å²) in [7, 11) is 1.65. The molecule has 0 radical (unpaired) electrons. The number of unbranched alkanes of at least 4 members (excludes halogenated alkanes) is 6. The molecule has 0 amide bonds. The van der Waals surface area contributed by atoms with Gasteiger partial charge in [-0.15, -0.1) is 0 Å². The lowest BCUT2D eigenvalue weighted by atomic mass is 10.1. The van der Waals surface area contributed by atoms with E-state index in [4.69, 9.17) is 5.73 Å². The first-order chi connectivity index (χ1) is 10.7. The number of nitrogens with two attached hydrogens (primary N) is 1. The van der Waals surface area contributed by atoms with Gasteiger partial charge in [0.25, 0.3) is 0 Å². The Bertz CT molecular complexity index is 193. The summed E-state index contributed by atoms with van der Waals surface area (Å²) in [5, 5.41) is 7.26. The lowest BCUT2D eigenvalue weighted by molar-refractivity contribution is 0.602. The van der Waals surface area contributed by atoms with Crippen LogP contribution in [-0.2, 0) is 0 Å². The van der Waals surface area contributed by atoms with Crippen molar-refractivity contribution in [3.05, 3.63) is 11.8 Å². The van der Waals surface area contributed by atoms with E-state index in [0.29, 0.717) is 6.54 Å². The van der Waals surface area contributed by atoms with Crippen LogP contribution in [0.15, 0.2) is 22.0 Å². The number of azo groups is 1. The van der Waals surface area contributed by atoms with Crippen molar-refractivity contribution in [1.29, 1.82) is 0 Å². The Morgan fingerprint density at radius 2 is 1.27 bits per heavy atom. The monoisotopic (exact) mass is 315 g/mol. The number of hydrogen-bond acceptors (Lipinski definition) is 3. The molecule has 0 aliphatic rings. The lowest BCUT2D eigenvalue weighted by Crippen LogP contribution is -1.97. The van der Waals surface area contributed by atoms with Crippen molar-refractivity contribution in [3.63, 3.8) is 0 Å². The Morgan fingerprint density at radius 3 is 1.59 bits per heavy atom. The summed E-state index contributed by atoms with van der Waals surface area (Å²) in [5.41, 5.74) is 6.46. The minimum Gasteiger partial charge on any atom is -0.330 e. The fourth-order valence-electron chi connectivity index (χ4n) is 1.48. The molecule has 0 spiro atoms. The van der Waals surface area contributed by atoms with Gasteiger partial charge in [0.2, 0.25) is 0 Å². The maximum absolute atomic E-state index is 5.29. The van der Waals surface area contributed by atoms with Crippen molar-refractivity contribution in [2.45, 2.75) is 99.8 Å². The predicted octanol–water partition coefficient (Wildman–Crippen LogP) is 7.13. The Kier molecular flexibility index (Phi) is 49.3. The van der Waals surface area contributed by atoms with Crippen molar-refractivity contribution in [2.24, 2.45) is 16.0 Å². The van der Waals surface area contributed by atoms with Gasteiger partial charge in [0, 0.05) is 13.2 Å². The average Bonchev–Trinajstić information content (AvgIpc) is 2.57. The van der Waals surface area contributed by atoms with E-state index in [1.165, 1.54) is 50.5 Å². The number of nitrogens with zero attached hydrogens (tertiary/aromatic N) is 2. The third kappa shape index (κ3) is 42.7. The van der Waals surface area contributed by atoms with Crippen LogP contribution in [0.5, 0.6) is 0 Å². The Hall–Kier alpha value is -0.700. The van der Waals surface area contributed by atoms with Crippen molar-refractivity contribution in [2.75, 3.05) is 13.6 Å². The third-order valence-corrected chi connectivity index (χ3v) is 2.64. The van der Waals surface area contributed by atoms with Crippen molar-refractivity contribution < 1.29 is 0 Å². The van der Waals surface area contributed by atoms with Gasteiger partial charge in [-0.05, 0) is 19.9 Å². The van der Waals surface area contributed by atoms with Gasteiger partial charge in [-0.3, -0.25) is 0 Å². The van der Waals surface area contributed by atoms with Crippen LogP contribution in [0.4, 0.5) is 0 Å². The minimum atomic E-state index is 0.682. The molecule has 0 unspecified atom stereocenters. The Balaban J connectivity index is -0.000000120. The third-order valence-electron chi connectivity index (χ3n) is 2.64. The van der Waals surface area contributed by atoms with E-state index < -0.39 is 0 Å². The molecule has 0 atom stereocenters. The highest BCUT2D eigenvalue weighted by Crippen LogP contribution is 2.05. The molecular formula is C19H45N3. The summed E-state index contributed by atoms with van der Waals surface area (Å²) in [6.07, 6.45) is 12.6. The van der Waals surface area contributed by atoms with E-state index in [2.05, 4.69) is 24.1 Å². The van der Waals surface area contributed by atoms with Gasteiger partial charge < -0.3 is 5.73 Å². The smallest absolute Gasteiger partial charge is 0.0491 e. The van der Waals surface area contributed by atoms with Crippen molar-refractivity contribution in [1.82, 2.24) is 0 Å². The van der Waals surface area contributed by atoms with E-state index in [1.807, 2.05) is 34.6 Å². The van der Waals surface area contributed by atoms with E-state index in [9.17, 15) is 0 Å².